The van der Waals surface area contributed by atoms with Gasteiger partial charge in [-0.25, -0.2) is 9.07 Å². The summed E-state index contributed by atoms with van der Waals surface area (Å²) in [5.41, 5.74) is 1.13. The van der Waals surface area contributed by atoms with E-state index in [0.717, 1.165) is 0 Å². The third-order valence-electron chi connectivity index (χ3n) is 4.78. The normalized spacial score (nSPS) is 13.2. The van der Waals surface area contributed by atoms with Crippen LogP contribution < -0.4 is 10.1 Å². The molecule has 182 valence electrons. The number of carbonyl (C=O) groups excluding carboxylic acids is 1. The van der Waals surface area contributed by atoms with Crippen molar-refractivity contribution in [1.29, 1.82) is 0 Å². The summed E-state index contributed by atoms with van der Waals surface area (Å²) in [4.78, 5) is 23.6. The molecule has 33 heavy (non-hydrogen) atoms. The van der Waals surface area contributed by atoms with Gasteiger partial charge in [-0.1, -0.05) is 27.7 Å². The van der Waals surface area contributed by atoms with Crippen molar-refractivity contribution in [1.82, 2.24) is 15.1 Å². The van der Waals surface area contributed by atoms with Crippen molar-refractivity contribution < 1.29 is 34.0 Å². The van der Waals surface area contributed by atoms with Crippen LogP contribution in [0.2, 0.25) is 0 Å². The van der Waals surface area contributed by atoms with Crippen LogP contribution in [0.3, 0.4) is 0 Å². The minimum Gasteiger partial charge on any atom is -0.481 e. The molecule has 1 amide bonds. The first-order valence-electron chi connectivity index (χ1n) is 10.9. The van der Waals surface area contributed by atoms with Crippen LogP contribution in [0.1, 0.15) is 62.5 Å². The summed E-state index contributed by atoms with van der Waals surface area (Å²) in [7, 11) is 0. The zero-order valence-corrected chi connectivity index (χ0v) is 19.3. The van der Waals surface area contributed by atoms with Crippen LogP contribution in [0.15, 0.2) is 24.3 Å². The van der Waals surface area contributed by atoms with Gasteiger partial charge in [-0.3, -0.25) is 9.59 Å². The van der Waals surface area contributed by atoms with Gasteiger partial charge in [0.05, 0.1) is 24.3 Å². The van der Waals surface area contributed by atoms with Gasteiger partial charge in [0.1, 0.15) is 12.4 Å². The topological polar surface area (TPSA) is 134 Å². The number of aliphatic hydroxyl groups excluding tert-OH is 2. The van der Waals surface area contributed by atoms with Gasteiger partial charge in [-0.15, -0.1) is 0 Å². The Morgan fingerprint density at radius 1 is 1.12 bits per heavy atom. The smallest absolute Gasteiger partial charge is 0.305 e. The lowest BCUT2D eigenvalue weighted by atomic mass is 10.0. The van der Waals surface area contributed by atoms with E-state index in [1.807, 2.05) is 27.7 Å². The van der Waals surface area contributed by atoms with Gasteiger partial charge >= 0.3 is 5.97 Å². The number of hydrogen-bond acceptors (Lipinski definition) is 6. The molecule has 0 saturated carbocycles. The fraction of sp³-hybridized carbons (Fsp3) is 0.522. The first kappa shape index (κ1) is 26.3. The number of hydrogen-bond donors (Lipinski definition) is 4. The summed E-state index contributed by atoms with van der Waals surface area (Å²) in [5, 5.41) is 36.1. The number of amides is 1. The number of nitrogens with zero attached hydrogens (tertiary/aromatic N) is 2. The van der Waals surface area contributed by atoms with Crippen LogP contribution >= 0.6 is 0 Å². The number of carboxylic acids is 1. The molecule has 2 unspecified atom stereocenters. The molecule has 0 bridgehead atoms. The number of aliphatic hydroxyl groups is 2. The Hall–Kier alpha value is -2.98. The van der Waals surface area contributed by atoms with Crippen LogP contribution in [0.25, 0.3) is 5.69 Å². The lowest BCUT2D eigenvalue weighted by Crippen LogP contribution is -2.28. The number of ether oxygens (including phenoxy) is 1. The summed E-state index contributed by atoms with van der Waals surface area (Å²) in [6.07, 6.45) is -3.09. The van der Waals surface area contributed by atoms with E-state index in [1.165, 1.54) is 28.9 Å². The summed E-state index contributed by atoms with van der Waals surface area (Å²) in [6, 6.07) is 5.49. The van der Waals surface area contributed by atoms with Gasteiger partial charge in [0.15, 0.2) is 5.69 Å². The Morgan fingerprint density at radius 2 is 1.76 bits per heavy atom. The van der Waals surface area contributed by atoms with E-state index in [-0.39, 0.29) is 42.3 Å². The fourth-order valence-electron chi connectivity index (χ4n) is 3.22. The molecular formula is C23H32FN3O6. The monoisotopic (exact) mass is 465 g/mol. The number of aromatic nitrogens is 2. The highest BCUT2D eigenvalue weighted by atomic mass is 19.1. The average molecular weight is 466 g/mol. The Bertz CT molecular complexity index is 942. The van der Waals surface area contributed by atoms with E-state index in [1.54, 1.807) is 0 Å². The number of rotatable bonds is 12. The largest absolute Gasteiger partial charge is 0.481 e. The summed E-state index contributed by atoms with van der Waals surface area (Å²) >= 11 is 0. The number of carboxylic acid groups (broad SMARTS) is 1. The molecule has 0 radical (unpaired) electrons. The van der Waals surface area contributed by atoms with Gasteiger partial charge < -0.3 is 25.4 Å². The number of nitrogens with one attached hydrogen (secondary N) is 1. The molecular weight excluding hydrogens is 433 g/mol. The number of halogens is 1. The predicted molar refractivity (Wildman–Crippen MR) is 119 cm³/mol. The molecule has 0 aliphatic rings. The molecule has 0 spiro atoms. The Kier molecular flexibility index (Phi) is 9.36. The highest BCUT2D eigenvalue weighted by Crippen LogP contribution is 2.33. The minimum atomic E-state index is -1.23. The quantitative estimate of drug-likeness (QED) is 0.378. The maximum absolute atomic E-state index is 13.5. The van der Waals surface area contributed by atoms with E-state index in [4.69, 9.17) is 9.84 Å². The van der Waals surface area contributed by atoms with Crippen LogP contribution in [0.4, 0.5) is 4.39 Å². The molecule has 1 aromatic carbocycles. The first-order chi connectivity index (χ1) is 15.5. The van der Waals surface area contributed by atoms with Crippen molar-refractivity contribution in [3.8, 4) is 11.6 Å². The molecule has 2 aromatic rings. The molecule has 4 N–H and O–H groups in total. The second kappa shape index (κ2) is 11.8. The van der Waals surface area contributed by atoms with Gasteiger partial charge in [0.2, 0.25) is 5.88 Å². The lowest BCUT2D eigenvalue weighted by Gasteiger charge is -2.17. The predicted octanol–water partition coefficient (Wildman–Crippen LogP) is 2.49. The van der Waals surface area contributed by atoms with Gasteiger partial charge in [-0.05, 0) is 36.1 Å². The zero-order chi connectivity index (χ0) is 24.7. The molecule has 2 rings (SSSR count). The van der Waals surface area contributed by atoms with Crippen molar-refractivity contribution in [3.05, 3.63) is 41.3 Å². The molecule has 9 nitrogen and oxygen atoms in total. The van der Waals surface area contributed by atoms with Crippen LogP contribution in [-0.2, 0) is 4.79 Å². The van der Waals surface area contributed by atoms with Crippen molar-refractivity contribution in [2.75, 3.05) is 13.2 Å². The van der Waals surface area contributed by atoms with E-state index < -0.39 is 30.4 Å². The fourth-order valence-corrected chi connectivity index (χ4v) is 3.22. The van der Waals surface area contributed by atoms with E-state index in [0.29, 0.717) is 17.8 Å². The standard InChI is InChI=1S/C23H32FN3O6/c1-13(2)11-25-22(32)21-20(14(3)4)23(27(26-21)16-7-5-15(24)6-8-16)33-12-18(29)9-17(28)10-19(30)31/h5-8,13-14,17-18,28-29H,9-12H2,1-4H3,(H,25,32)(H,30,31). The summed E-state index contributed by atoms with van der Waals surface area (Å²) < 4.78 is 20.7. The van der Waals surface area contributed by atoms with Crippen molar-refractivity contribution in [3.63, 3.8) is 0 Å². The molecule has 10 heteroatoms. The molecule has 1 heterocycles. The maximum atomic E-state index is 13.5. The third-order valence-corrected chi connectivity index (χ3v) is 4.78. The van der Waals surface area contributed by atoms with Crippen LogP contribution in [-0.4, -0.2) is 62.3 Å². The Morgan fingerprint density at radius 3 is 2.30 bits per heavy atom. The highest BCUT2D eigenvalue weighted by molar-refractivity contribution is 5.94. The van der Waals surface area contributed by atoms with Crippen LogP contribution in [0.5, 0.6) is 5.88 Å². The van der Waals surface area contributed by atoms with Crippen LogP contribution in [0, 0.1) is 11.7 Å². The van der Waals surface area contributed by atoms with Gasteiger partial charge in [0.25, 0.3) is 5.91 Å². The first-order valence-corrected chi connectivity index (χ1v) is 10.9. The SMILES string of the molecule is CC(C)CNC(=O)c1nn(-c2ccc(F)cc2)c(OCC(O)CC(O)CC(=O)O)c1C(C)C. The van der Waals surface area contributed by atoms with Crippen molar-refractivity contribution in [2.24, 2.45) is 5.92 Å². The third kappa shape index (κ3) is 7.54. The molecule has 0 aliphatic carbocycles. The summed E-state index contributed by atoms with van der Waals surface area (Å²) in [5.74, 6) is -1.73. The molecule has 0 fully saturated rings. The van der Waals surface area contributed by atoms with Crippen molar-refractivity contribution in [2.45, 2.75) is 58.7 Å². The number of aliphatic carboxylic acids is 1. The summed E-state index contributed by atoms with van der Waals surface area (Å²) in [6.45, 7) is 7.85. The zero-order valence-electron chi connectivity index (χ0n) is 19.3. The number of benzene rings is 1. The Labute approximate surface area is 192 Å². The van der Waals surface area contributed by atoms with E-state index >= 15 is 0 Å². The number of carbonyl (C=O) groups is 2. The Balaban J connectivity index is 2.39. The molecule has 1 aromatic heterocycles. The molecule has 2 atom stereocenters. The lowest BCUT2D eigenvalue weighted by molar-refractivity contribution is -0.139. The van der Waals surface area contributed by atoms with Gasteiger partial charge in [-0.2, -0.15) is 5.10 Å². The van der Waals surface area contributed by atoms with Crippen molar-refractivity contribution >= 4 is 11.9 Å². The highest BCUT2D eigenvalue weighted by Gasteiger charge is 2.28. The average Bonchev–Trinajstić information content (AvgIpc) is 3.10. The minimum absolute atomic E-state index is 0.158. The molecule has 0 aliphatic heterocycles. The second-order valence-corrected chi connectivity index (χ2v) is 8.67. The maximum Gasteiger partial charge on any atom is 0.305 e. The van der Waals surface area contributed by atoms with E-state index in [2.05, 4.69) is 10.4 Å². The van der Waals surface area contributed by atoms with Gasteiger partial charge in [0, 0.05) is 18.5 Å². The molecule has 0 saturated heterocycles. The van der Waals surface area contributed by atoms with E-state index in [9.17, 15) is 24.2 Å². The second-order valence-electron chi connectivity index (χ2n) is 8.67.